The Labute approximate surface area is 66.1 Å². The fourth-order valence-electron chi connectivity index (χ4n) is 0.565. The van der Waals surface area contributed by atoms with Crippen molar-refractivity contribution in [2.24, 2.45) is 11.7 Å². The van der Waals surface area contributed by atoms with Gasteiger partial charge in [0.2, 0.25) is 12.2 Å². The minimum Gasteiger partial charge on any atom is -0.344 e. The maximum atomic E-state index is 10.7. The number of amides is 1. The van der Waals surface area contributed by atoms with Crippen molar-refractivity contribution in [2.45, 2.75) is 19.9 Å². The Bertz CT molecular complexity index is 145. The van der Waals surface area contributed by atoms with Gasteiger partial charge in [-0.2, -0.15) is 0 Å². The predicted octanol–water partition coefficient (Wildman–Crippen LogP) is -0.804. The minimum absolute atomic E-state index is 0.0583. The molecule has 0 saturated carbocycles. The van der Waals surface area contributed by atoms with Gasteiger partial charge in [0.25, 0.3) is 0 Å². The molecule has 0 aromatic carbocycles. The molecule has 0 bridgehead atoms. The summed E-state index contributed by atoms with van der Waals surface area (Å²) >= 11 is 0. The molecule has 1 amide bonds. The Morgan fingerprint density at radius 3 is 2.45 bits per heavy atom. The van der Waals surface area contributed by atoms with Gasteiger partial charge in [-0.1, -0.05) is 13.8 Å². The van der Waals surface area contributed by atoms with Crippen LogP contribution in [0.25, 0.3) is 0 Å². The normalized spacial score (nSPS) is 12.7. The monoisotopic (exact) mass is 157 g/mol. The largest absolute Gasteiger partial charge is 0.344 e. The van der Waals surface area contributed by atoms with E-state index in [1.807, 2.05) is 13.8 Å². The van der Waals surface area contributed by atoms with Crippen LogP contribution >= 0.6 is 0 Å². The summed E-state index contributed by atoms with van der Waals surface area (Å²) in [5.41, 5.74) is 5.03. The first kappa shape index (κ1) is 10.1. The van der Waals surface area contributed by atoms with E-state index < -0.39 is 6.04 Å². The molecule has 0 rings (SSSR count). The van der Waals surface area contributed by atoms with Crippen LogP contribution in [0.4, 0.5) is 0 Å². The van der Waals surface area contributed by atoms with Crippen molar-refractivity contribution in [3.8, 4) is 0 Å². The van der Waals surface area contributed by atoms with Crippen molar-refractivity contribution >= 4 is 12.2 Å². The molecule has 11 heavy (non-hydrogen) atoms. The lowest BCUT2D eigenvalue weighted by Gasteiger charge is -2.14. The molecule has 0 aliphatic rings. The maximum absolute atomic E-state index is 10.7. The second-order valence-corrected chi connectivity index (χ2v) is 2.61. The molecule has 4 nitrogen and oxygen atoms in total. The van der Waals surface area contributed by atoms with Crippen molar-refractivity contribution in [1.82, 2.24) is 5.32 Å². The van der Waals surface area contributed by atoms with Crippen LogP contribution < -0.4 is 11.1 Å². The summed E-state index contributed by atoms with van der Waals surface area (Å²) in [6.45, 7) is 3.56. The van der Waals surface area contributed by atoms with Crippen molar-refractivity contribution in [3.05, 3.63) is 0 Å². The third kappa shape index (κ3) is 3.72. The van der Waals surface area contributed by atoms with Gasteiger partial charge >= 0.3 is 0 Å². The van der Waals surface area contributed by atoms with Crippen LogP contribution in [0.15, 0.2) is 0 Å². The molecular weight excluding hydrogens is 144 g/mol. The van der Waals surface area contributed by atoms with Gasteiger partial charge < -0.3 is 11.1 Å². The molecule has 1 radical (unpaired) electrons. The van der Waals surface area contributed by atoms with Crippen LogP contribution in [0.2, 0.25) is 0 Å². The third-order valence-corrected chi connectivity index (χ3v) is 1.30. The molecule has 4 heteroatoms. The SMILES string of the molecule is CC(C)[C@@H]([C]=O)NC(=O)CN. The van der Waals surface area contributed by atoms with Gasteiger partial charge in [0.1, 0.15) is 0 Å². The molecule has 0 spiro atoms. The van der Waals surface area contributed by atoms with Crippen LogP contribution in [-0.4, -0.2) is 24.8 Å². The number of hydrogen-bond donors (Lipinski definition) is 2. The second kappa shape index (κ2) is 4.85. The summed E-state index contributed by atoms with van der Waals surface area (Å²) in [4.78, 5) is 20.9. The van der Waals surface area contributed by atoms with E-state index in [1.165, 1.54) is 0 Å². The number of rotatable bonds is 4. The molecule has 63 valence electrons. The van der Waals surface area contributed by atoms with Gasteiger partial charge in [-0.3, -0.25) is 9.59 Å². The zero-order valence-electron chi connectivity index (χ0n) is 6.76. The van der Waals surface area contributed by atoms with E-state index in [1.54, 1.807) is 6.29 Å². The van der Waals surface area contributed by atoms with Gasteiger partial charge in [0.15, 0.2) is 0 Å². The number of carbonyl (C=O) groups is 1. The summed E-state index contributed by atoms with van der Waals surface area (Å²) < 4.78 is 0. The maximum Gasteiger partial charge on any atom is 0.234 e. The standard InChI is InChI=1S/C7H13N2O2/c1-5(2)6(4-10)9-7(11)3-8/h5-6H,3,8H2,1-2H3,(H,9,11)/t6-/m1/s1. The van der Waals surface area contributed by atoms with Crippen molar-refractivity contribution < 1.29 is 9.59 Å². The Hall–Kier alpha value is -0.900. The van der Waals surface area contributed by atoms with E-state index in [2.05, 4.69) is 5.32 Å². The van der Waals surface area contributed by atoms with Crippen LogP contribution in [0.1, 0.15) is 13.8 Å². The number of nitrogens with one attached hydrogen (secondary N) is 1. The average molecular weight is 157 g/mol. The van der Waals surface area contributed by atoms with Crippen LogP contribution in [0.5, 0.6) is 0 Å². The first-order chi connectivity index (χ1) is 5.11. The zero-order valence-corrected chi connectivity index (χ0v) is 6.76. The van der Waals surface area contributed by atoms with Crippen molar-refractivity contribution in [1.29, 1.82) is 0 Å². The molecule has 0 aliphatic carbocycles. The quantitative estimate of drug-likeness (QED) is 0.561. The molecule has 0 aliphatic heterocycles. The molecule has 0 aromatic rings. The van der Waals surface area contributed by atoms with E-state index in [0.717, 1.165) is 0 Å². The second-order valence-electron chi connectivity index (χ2n) is 2.61. The van der Waals surface area contributed by atoms with Crippen LogP contribution in [-0.2, 0) is 9.59 Å². The lowest BCUT2D eigenvalue weighted by molar-refractivity contribution is -0.120. The van der Waals surface area contributed by atoms with E-state index in [0.29, 0.717) is 0 Å². The summed E-state index contributed by atoms with van der Waals surface area (Å²) in [6.07, 6.45) is 1.73. The first-order valence-corrected chi connectivity index (χ1v) is 3.49. The Balaban J connectivity index is 3.87. The number of hydrogen-bond acceptors (Lipinski definition) is 3. The molecule has 3 N–H and O–H groups in total. The first-order valence-electron chi connectivity index (χ1n) is 3.49. The van der Waals surface area contributed by atoms with E-state index >= 15 is 0 Å². The summed E-state index contributed by atoms with van der Waals surface area (Å²) in [6, 6.07) is -0.536. The van der Waals surface area contributed by atoms with Gasteiger partial charge in [-0.15, -0.1) is 0 Å². The summed E-state index contributed by atoms with van der Waals surface area (Å²) in [5, 5.41) is 2.43. The molecule has 0 heterocycles. The number of carbonyl (C=O) groups excluding carboxylic acids is 2. The molecule has 0 fully saturated rings. The predicted molar refractivity (Wildman–Crippen MR) is 41.5 cm³/mol. The third-order valence-electron chi connectivity index (χ3n) is 1.30. The van der Waals surface area contributed by atoms with Crippen molar-refractivity contribution in [3.63, 3.8) is 0 Å². The summed E-state index contributed by atoms with van der Waals surface area (Å²) in [7, 11) is 0. The number of nitrogens with two attached hydrogens (primary N) is 1. The molecule has 0 unspecified atom stereocenters. The van der Waals surface area contributed by atoms with E-state index in [9.17, 15) is 9.59 Å². The zero-order chi connectivity index (χ0) is 8.85. The highest BCUT2D eigenvalue weighted by atomic mass is 16.2. The highest BCUT2D eigenvalue weighted by Crippen LogP contribution is 1.97. The van der Waals surface area contributed by atoms with Gasteiger partial charge in [-0.05, 0) is 5.92 Å². The highest BCUT2D eigenvalue weighted by Gasteiger charge is 2.14. The fourth-order valence-corrected chi connectivity index (χ4v) is 0.565. The summed E-state index contributed by atoms with van der Waals surface area (Å²) in [5.74, 6) is -0.268. The van der Waals surface area contributed by atoms with Crippen LogP contribution in [0.3, 0.4) is 0 Å². The Kier molecular flexibility index (Phi) is 4.45. The smallest absolute Gasteiger partial charge is 0.234 e. The van der Waals surface area contributed by atoms with Crippen LogP contribution in [0, 0.1) is 5.92 Å². The molecule has 0 aromatic heterocycles. The lowest BCUT2D eigenvalue weighted by Crippen LogP contribution is -2.42. The molecular formula is C7H13N2O2. The van der Waals surface area contributed by atoms with Gasteiger partial charge in [0.05, 0.1) is 12.6 Å². The van der Waals surface area contributed by atoms with Gasteiger partial charge in [-0.25, -0.2) is 0 Å². The van der Waals surface area contributed by atoms with E-state index in [-0.39, 0.29) is 18.4 Å². The van der Waals surface area contributed by atoms with Crippen molar-refractivity contribution in [2.75, 3.05) is 6.54 Å². The fraction of sp³-hybridized carbons (Fsp3) is 0.714. The average Bonchev–Trinajstić information content (AvgIpc) is 1.99. The topological polar surface area (TPSA) is 72.2 Å². The lowest BCUT2D eigenvalue weighted by atomic mass is 10.1. The highest BCUT2D eigenvalue weighted by molar-refractivity contribution is 5.81. The molecule has 1 atom stereocenters. The van der Waals surface area contributed by atoms with Gasteiger partial charge in [0, 0.05) is 0 Å². The Morgan fingerprint density at radius 1 is 1.64 bits per heavy atom. The Morgan fingerprint density at radius 2 is 2.18 bits per heavy atom. The minimum atomic E-state index is -0.536. The molecule has 0 saturated heterocycles. The van der Waals surface area contributed by atoms with E-state index in [4.69, 9.17) is 5.73 Å².